The van der Waals surface area contributed by atoms with Crippen LogP contribution in [-0.4, -0.2) is 37.6 Å². The molecule has 7 heteroatoms. The van der Waals surface area contributed by atoms with Gasteiger partial charge in [-0.3, -0.25) is 9.59 Å². The highest BCUT2D eigenvalue weighted by atomic mass is 32.2. The molecule has 2 aliphatic rings. The molecule has 0 bridgehead atoms. The number of esters is 1. The summed E-state index contributed by atoms with van der Waals surface area (Å²) in [5.74, 6) is -0.808. The molecule has 4 rings (SSSR count). The minimum absolute atomic E-state index is 0.150. The predicted octanol–water partition coefficient (Wildman–Crippen LogP) is 4.84. The zero-order chi connectivity index (χ0) is 25.4. The van der Waals surface area contributed by atoms with Crippen molar-refractivity contribution in [3.8, 4) is 0 Å². The van der Waals surface area contributed by atoms with E-state index in [4.69, 9.17) is 4.74 Å². The molecular weight excluding hydrogens is 462 g/mol. The summed E-state index contributed by atoms with van der Waals surface area (Å²) in [5.41, 5.74) is 1.69. The molecule has 0 amide bonds. The van der Waals surface area contributed by atoms with Gasteiger partial charge in [0.2, 0.25) is 10.0 Å². The van der Waals surface area contributed by atoms with Gasteiger partial charge >= 0.3 is 5.97 Å². The molecule has 1 unspecified atom stereocenters. The average Bonchev–Trinajstić information content (AvgIpc) is 3.16. The Balaban J connectivity index is 1.72. The van der Waals surface area contributed by atoms with E-state index in [0.717, 1.165) is 11.1 Å². The van der Waals surface area contributed by atoms with Crippen molar-refractivity contribution in [1.82, 2.24) is 4.31 Å². The quantitative estimate of drug-likeness (QED) is 0.442. The van der Waals surface area contributed by atoms with Crippen LogP contribution in [0.4, 0.5) is 0 Å². The first kappa shape index (κ1) is 24.8. The van der Waals surface area contributed by atoms with E-state index in [9.17, 15) is 18.0 Å². The van der Waals surface area contributed by atoms with Crippen molar-refractivity contribution in [1.29, 1.82) is 0 Å². The fourth-order valence-corrected chi connectivity index (χ4v) is 5.37. The van der Waals surface area contributed by atoms with Gasteiger partial charge in [0.15, 0.2) is 5.78 Å². The molecule has 0 saturated carbocycles. The summed E-state index contributed by atoms with van der Waals surface area (Å²) >= 11 is 0. The maximum atomic E-state index is 13.5. The van der Waals surface area contributed by atoms with E-state index in [2.05, 4.69) is 0 Å². The van der Waals surface area contributed by atoms with Crippen LogP contribution >= 0.6 is 0 Å². The van der Waals surface area contributed by atoms with E-state index in [0.29, 0.717) is 5.56 Å². The maximum absolute atomic E-state index is 13.5. The molecule has 1 aliphatic carbocycles. The summed E-state index contributed by atoms with van der Waals surface area (Å²) in [4.78, 5) is 26.3. The first-order valence-corrected chi connectivity index (χ1v) is 12.9. The highest BCUT2D eigenvalue weighted by Crippen LogP contribution is 2.34. The van der Waals surface area contributed by atoms with Gasteiger partial charge in [0.05, 0.1) is 15.9 Å². The number of nitrogens with zero attached hydrogens (tertiary/aromatic N) is 1. The number of allylic oxidation sites excluding steroid dienone is 3. The van der Waals surface area contributed by atoms with Crippen molar-refractivity contribution in [2.45, 2.75) is 32.6 Å². The fraction of sp³-hybridized carbons (Fsp3) is 0.286. The standard InChI is InChI=1S/C28H29NO5S/c1-19-10-13-23(14-11-19)35(32,33)29-17-21-12-15-25(34-27(31)28(2,3)4)24(16-22(21)18-29)26(30)20-8-6-5-7-9-20/h5-16,21H,17-18H2,1-4H3. The molecule has 1 fully saturated rings. The number of fused-ring (bicyclic) bond motifs is 1. The zero-order valence-electron chi connectivity index (χ0n) is 20.3. The van der Waals surface area contributed by atoms with Crippen molar-refractivity contribution in [3.05, 3.63) is 101 Å². The lowest BCUT2D eigenvalue weighted by Crippen LogP contribution is -2.29. The third kappa shape index (κ3) is 5.21. The van der Waals surface area contributed by atoms with Gasteiger partial charge in [0.25, 0.3) is 0 Å². The Hall–Kier alpha value is -3.29. The van der Waals surface area contributed by atoms with Crippen LogP contribution in [0.2, 0.25) is 0 Å². The zero-order valence-corrected chi connectivity index (χ0v) is 21.1. The van der Waals surface area contributed by atoms with Gasteiger partial charge < -0.3 is 4.74 Å². The number of benzene rings is 2. The Morgan fingerprint density at radius 2 is 1.66 bits per heavy atom. The molecule has 1 aliphatic heterocycles. The predicted molar refractivity (Wildman–Crippen MR) is 134 cm³/mol. The lowest BCUT2D eigenvalue weighted by atomic mass is 9.97. The lowest BCUT2D eigenvalue weighted by molar-refractivity contribution is -0.148. The molecule has 2 aromatic carbocycles. The fourth-order valence-electron chi connectivity index (χ4n) is 3.92. The van der Waals surface area contributed by atoms with Crippen LogP contribution < -0.4 is 0 Å². The van der Waals surface area contributed by atoms with Crippen molar-refractivity contribution >= 4 is 21.8 Å². The SMILES string of the molecule is Cc1ccc(S(=O)(=O)N2CC3=CC(C(=O)c4ccccc4)=C(OC(=O)C(C)(C)C)C=CC3C2)cc1. The number of rotatable bonds is 5. The first-order valence-electron chi connectivity index (χ1n) is 11.5. The number of ether oxygens (including phenoxy) is 1. The Bertz CT molecular complexity index is 1340. The highest BCUT2D eigenvalue weighted by Gasteiger charge is 2.37. The summed E-state index contributed by atoms with van der Waals surface area (Å²) in [6.45, 7) is 7.53. The Labute approximate surface area is 206 Å². The van der Waals surface area contributed by atoms with Gasteiger partial charge in [0, 0.05) is 24.6 Å². The summed E-state index contributed by atoms with van der Waals surface area (Å²) < 4.78 is 33.6. The van der Waals surface area contributed by atoms with Gasteiger partial charge in [-0.05, 0) is 57.6 Å². The van der Waals surface area contributed by atoms with Crippen LogP contribution in [0.3, 0.4) is 0 Å². The number of ketones is 1. The highest BCUT2D eigenvalue weighted by molar-refractivity contribution is 7.89. The third-order valence-corrected chi connectivity index (χ3v) is 7.89. The molecule has 0 aromatic heterocycles. The number of sulfonamides is 1. The molecule has 1 atom stereocenters. The van der Waals surface area contributed by atoms with Crippen molar-refractivity contribution < 1.29 is 22.7 Å². The Kier molecular flexibility index (Phi) is 6.66. The number of aryl methyl sites for hydroxylation is 1. The normalized spacial score (nSPS) is 18.6. The first-order chi connectivity index (χ1) is 16.5. The number of carbonyl (C=O) groups is 2. The summed E-state index contributed by atoms with van der Waals surface area (Å²) in [6, 6.07) is 15.5. The van der Waals surface area contributed by atoms with E-state index in [-0.39, 0.29) is 41.0 Å². The maximum Gasteiger partial charge on any atom is 0.316 e. The molecule has 0 spiro atoms. The van der Waals surface area contributed by atoms with E-state index < -0.39 is 21.4 Å². The lowest BCUT2D eigenvalue weighted by Gasteiger charge is -2.18. The van der Waals surface area contributed by atoms with E-state index in [1.807, 2.05) is 19.1 Å². The molecule has 35 heavy (non-hydrogen) atoms. The van der Waals surface area contributed by atoms with Crippen LogP contribution in [-0.2, 0) is 19.6 Å². The largest absolute Gasteiger partial charge is 0.425 e. The van der Waals surface area contributed by atoms with E-state index in [1.54, 1.807) is 81.5 Å². The Morgan fingerprint density at radius 3 is 2.29 bits per heavy atom. The second-order valence-electron chi connectivity index (χ2n) is 9.91. The number of Topliss-reactive ketones (excluding diaryl/α,β-unsaturated/α-hetero) is 1. The van der Waals surface area contributed by atoms with Crippen LogP contribution in [0.1, 0.15) is 36.7 Å². The summed E-state index contributed by atoms with van der Waals surface area (Å²) in [7, 11) is -3.70. The molecule has 0 N–H and O–H groups in total. The second-order valence-corrected chi connectivity index (χ2v) is 11.8. The molecule has 1 saturated heterocycles. The average molecular weight is 492 g/mol. The Morgan fingerprint density at radius 1 is 1.00 bits per heavy atom. The van der Waals surface area contributed by atoms with Gasteiger partial charge in [-0.15, -0.1) is 0 Å². The number of hydrogen-bond acceptors (Lipinski definition) is 5. The van der Waals surface area contributed by atoms with E-state index >= 15 is 0 Å². The monoisotopic (exact) mass is 491 g/mol. The minimum Gasteiger partial charge on any atom is -0.425 e. The van der Waals surface area contributed by atoms with Gasteiger partial charge in [-0.2, -0.15) is 4.31 Å². The molecule has 2 aromatic rings. The topological polar surface area (TPSA) is 80.8 Å². The van der Waals surface area contributed by atoms with Gasteiger partial charge in [0.1, 0.15) is 5.76 Å². The number of hydrogen-bond donors (Lipinski definition) is 0. The van der Waals surface area contributed by atoms with Gasteiger partial charge in [-0.1, -0.05) is 54.1 Å². The second kappa shape index (κ2) is 9.40. The van der Waals surface area contributed by atoms with Crippen LogP contribution in [0, 0.1) is 18.3 Å². The summed E-state index contributed by atoms with van der Waals surface area (Å²) in [6.07, 6.45) is 5.12. The molecule has 182 valence electrons. The third-order valence-electron chi connectivity index (χ3n) is 6.07. The van der Waals surface area contributed by atoms with Crippen molar-refractivity contribution in [2.24, 2.45) is 11.3 Å². The molecule has 0 radical (unpaired) electrons. The van der Waals surface area contributed by atoms with E-state index in [1.165, 1.54) is 4.31 Å². The minimum atomic E-state index is -3.70. The molecule has 6 nitrogen and oxygen atoms in total. The van der Waals surface area contributed by atoms with Crippen molar-refractivity contribution in [3.63, 3.8) is 0 Å². The van der Waals surface area contributed by atoms with Crippen molar-refractivity contribution in [2.75, 3.05) is 13.1 Å². The smallest absolute Gasteiger partial charge is 0.316 e. The molecular formula is C28H29NO5S. The summed E-state index contributed by atoms with van der Waals surface area (Å²) in [5, 5.41) is 0. The van der Waals surface area contributed by atoms with Gasteiger partial charge in [-0.25, -0.2) is 8.42 Å². The van der Waals surface area contributed by atoms with Crippen LogP contribution in [0.5, 0.6) is 0 Å². The molecule has 1 heterocycles. The van der Waals surface area contributed by atoms with Crippen LogP contribution in [0.25, 0.3) is 0 Å². The van der Waals surface area contributed by atoms with Crippen LogP contribution in [0.15, 0.2) is 94.6 Å². The number of carbonyl (C=O) groups excluding carboxylic acids is 2.